The highest BCUT2D eigenvalue weighted by Crippen LogP contribution is 2.30. The fourth-order valence-corrected chi connectivity index (χ4v) is 4.49. The minimum atomic E-state index is 0.154. The molecule has 0 saturated carbocycles. The van der Waals surface area contributed by atoms with Gasteiger partial charge in [0.15, 0.2) is 0 Å². The Hall–Kier alpha value is -3.23. The smallest absolute Gasteiger partial charge is 0.213 e. The number of hydrogen-bond donors (Lipinski definition) is 1. The lowest BCUT2D eigenvalue weighted by Crippen LogP contribution is -2.46. The van der Waals surface area contributed by atoms with Crippen LogP contribution >= 0.6 is 0 Å². The van der Waals surface area contributed by atoms with Gasteiger partial charge in [0.05, 0.1) is 47.3 Å². The molecule has 33 heavy (non-hydrogen) atoms. The Labute approximate surface area is 193 Å². The molecule has 172 valence electrons. The van der Waals surface area contributed by atoms with E-state index in [2.05, 4.69) is 46.3 Å². The number of aryl methyl sites for hydroxylation is 1. The third-order valence-electron chi connectivity index (χ3n) is 5.99. The first-order valence-corrected chi connectivity index (χ1v) is 11.5. The van der Waals surface area contributed by atoms with Crippen molar-refractivity contribution in [3.63, 3.8) is 0 Å². The van der Waals surface area contributed by atoms with Crippen molar-refractivity contribution in [1.82, 2.24) is 19.4 Å². The van der Waals surface area contributed by atoms with Crippen molar-refractivity contribution in [2.24, 2.45) is 5.73 Å². The molecule has 5 rings (SSSR count). The average molecular weight is 447 g/mol. The number of anilines is 1. The standard InChI is InChI=1S/C25H30N6O2/c1-16-14-30(15-17(2)33-16)25-29-18(3)23-13-27-21-7-5-19(11-22(21)31(23)25)20-6-8-24(28-12-20)32-10-4-9-26/h5-8,11-13,16-17H,4,9-10,14-15,26H2,1-3H3/t16-,17+. The fraction of sp³-hybridized carbons (Fsp3) is 0.400. The van der Waals surface area contributed by atoms with E-state index in [1.165, 1.54) is 0 Å². The lowest BCUT2D eigenvalue weighted by Gasteiger charge is -2.35. The molecule has 0 bridgehead atoms. The second-order valence-electron chi connectivity index (χ2n) is 8.72. The molecule has 1 saturated heterocycles. The van der Waals surface area contributed by atoms with Crippen molar-refractivity contribution in [2.45, 2.75) is 39.4 Å². The lowest BCUT2D eigenvalue weighted by molar-refractivity contribution is -0.00573. The van der Waals surface area contributed by atoms with Crippen LogP contribution in [0.3, 0.4) is 0 Å². The summed E-state index contributed by atoms with van der Waals surface area (Å²) >= 11 is 0. The van der Waals surface area contributed by atoms with E-state index in [4.69, 9.17) is 25.2 Å². The van der Waals surface area contributed by atoms with Crippen LogP contribution in [0.1, 0.15) is 26.0 Å². The molecule has 1 aliphatic rings. The summed E-state index contributed by atoms with van der Waals surface area (Å²) in [4.78, 5) is 16.4. The zero-order valence-electron chi connectivity index (χ0n) is 19.4. The van der Waals surface area contributed by atoms with Crippen LogP contribution in [0.2, 0.25) is 0 Å². The number of fused-ring (bicyclic) bond motifs is 3. The summed E-state index contributed by atoms with van der Waals surface area (Å²) in [6, 6.07) is 10.2. The molecule has 3 aromatic heterocycles. The minimum absolute atomic E-state index is 0.154. The SMILES string of the molecule is Cc1nc(N2C[C@@H](C)O[C@@H](C)C2)n2c1cnc1ccc(-c3ccc(OCCCN)nc3)cc12. The van der Waals surface area contributed by atoms with Crippen molar-refractivity contribution in [1.29, 1.82) is 0 Å². The van der Waals surface area contributed by atoms with E-state index in [1.54, 1.807) is 0 Å². The zero-order chi connectivity index (χ0) is 22.9. The third-order valence-corrected chi connectivity index (χ3v) is 5.99. The summed E-state index contributed by atoms with van der Waals surface area (Å²) < 4.78 is 13.8. The van der Waals surface area contributed by atoms with Crippen molar-refractivity contribution < 1.29 is 9.47 Å². The predicted molar refractivity (Wildman–Crippen MR) is 130 cm³/mol. The van der Waals surface area contributed by atoms with Crippen LogP contribution in [0, 0.1) is 6.92 Å². The maximum absolute atomic E-state index is 5.95. The summed E-state index contributed by atoms with van der Waals surface area (Å²) in [6.45, 7) is 9.05. The van der Waals surface area contributed by atoms with Crippen LogP contribution in [-0.2, 0) is 4.74 Å². The molecule has 8 nitrogen and oxygen atoms in total. The predicted octanol–water partition coefficient (Wildman–Crippen LogP) is 3.59. The van der Waals surface area contributed by atoms with Gasteiger partial charge in [0.1, 0.15) is 0 Å². The molecule has 8 heteroatoms. The monoisotopic (exact) mass is 446 g/mol. The van der Waals surface area contributed by atoms with E-state index < -0.39 is 0 Å². The van der Waals surface area contributed by atoms with E-state index in [1.807, 2.05) is 31.5 Å². The number of rotatable bonds is 6. The van der Waals surface area contributed by atoms with Crippen molar-refractivity contribution in [3.8, 4) is 17.0 Å². The molecule has 2 atom stereocenters. The Bertz CT molecular complexity index is 1260. The molecule has 1 aliphatic heterocycles. The van der Waals surface area contributed by atoms with Gasteiger partial charge < -0.3 is 20.1 Å². The number of benzene rings is 1. The number of ether oxygens (including phenoxy) is 2. The van der Waals surface area contributed by atoms with E-state index >= 15 is 0 Å². The van der Waals surface area contributed by atoms with E-state index in [-0.39, 0.29) is 12.2 Å². The maximum atomic E-state index is 5.95. The molecule has 0 unspecified atom stereocenters. The number of morpholine rings is 1. The van der Waals surface area contributed by atoms with Crippen molar-refractivity contribution >= 4 is 22.5 Å². The van der Waals surface area contributed by atoms with Gasteiger partial charge in [-0.05, 0) is 57.5 Å². The first-order valence-electron chi connectivity index (χ1n) is 11.5. The molecule has 1 aromatic carbocycles. The van der Waals surface area contributed by atoms with Gasteiger partial charge in [-0.1, -0.05) is 6.07 Å². The van der Waals surface area contributed by atoms with Crippen LogP contribution in [0.4, 0.5) is 5.95 Å². The lowest BCUT2D eigenvalue weighted by atomic mass is 10.1. The van der Waals surface area contributed by atoms with Crippen LogP contribution in [0.15, 0.2) is 42.7 Å². The van der Waals surface area contributed by atoms with E-state index in [0.717, 1.165) is 58.8 Å². The summed E-state index contributed by atoms with van der Waals surface area (Å²) in [6.07, 6.45) is 4.88. The number of aromatic nitrogens is 4. The second kappa shape index (κ2) is 8.96. The van der Waals surface area contributed by atoms with Crippen LogP contribution in [-0.4, -0.2) is 57.8 Å². The highest BCUT2D eigenvalue weighted by atomic mass is 16.5. The molecule has 0 spiro atoms. The van der Waals surface area contributed by atoms with Crippen molar-refractivity contribution in [2.75, 3.05) is 31.1 Å². The number of hydrogen-bond acceptors (Lipinski definition) is 7. The molecule has 0 aliphatic carbocycles. The highest BCUT2D eigenvalue weighted by molar-refractivity contribution is 5.85. The molecule has 0 radical (unpaired) electrons. The first-order chi connectivity index (χ1) is 16.0. The summed E-state index contributed by atoms with van der Waals surface area (Å²) in [5.74, 6) is 1.55. The Balaban J connectivity index is 1.56. The molecular formula is C25H30N6O2. The van der Waals surface area contributed by atoms with Gasteiger partial charge in [-0.2, -0.15) is 0 Å². The fourth-order valence-electron chi connectivity index (χ4n) is 4.49. The average Bonchev–Trinajstić information content (AvgIpc) is 3.16. The van der Waals surface area contributed by atoms with Gasteiger partial charge in [0.25, 0.3) is 0 Å². The van der Waals surface area contributed by atoms with Crippen molar-refractivity contribution in [3.05, 3.63) is 48.4 Å². The summed E-state index contributed by atoms with van der Waals surface area (Å²) in [5, 5.41) is 0. The molecule has 1 fully saturated rings. The van der Waals surface area contributed by atoms with Crippen LogP contribution in [0.25, 0.3) is 27.7 Å². The van der Waals surface area contributed by atoms with Gasteiger partial charge in [0.2, 0.25) is 11.8 Å². The minimum Gasteiger partial charge on any atom is -0.478 e. The quantitative estimate of drug-likeness (QED) is 0.453. The van der Waals surface area contributed by atoms with Gasteiger partial charge in [-0.25, -0.2) is 9.97 Å². The molecule has 4 heterocycles. The number of imidazole rings is 1. The van der Waals surface area contributed by atoms with E-state index in [0.29, 0.717) is 19.0 Å². The number of nitrogens with two attached hydrogens (primary N) is 1. The van der Waals surface area contributed by atoms with Gasteiger partial charge in [-0.3, -0.25) is 9.38 Å². The maximum Gasteiger partial charge on any atom is 0.213 e. The van der Waals surface area contributed by atoms with Gasteiger partial charge in [0, 0.05) is 30.9 Å². The Morgan fingerprint density at radius 3 is 2.55 bits per heavy atom. The van der Waals surface area contributed by atoms with Gasteiger partial charge in [-0.15, -0.1) is 0 Å². The van der Waals surface area contributed by atoms with Gasteiger partial charge >= 0.3 is 0 Å². The second-order valence-corrected chi connectivity index (χ2v) is 8.72. The highest BCUT2D eigenvalue weighted by Gasteiger charge is 2.26. The Kier molecular flexibility index (Phi) is 5.86. The van der Waals surface area contributed by atoms with E-state index in [9.17, 15) is 0 Å². The third kappa shape index (κ3) is 4.24. The summed E-state index contributed by atoms with van der Waals surface area (Å²) in [7, 11) is 0. The summed E-state index contributed by atoms with van der Waals surface area (Å²) in [5.41, 5.74) is 11.6. The molecule has 0 amide bonds. The molecule has 4 aromatic rings. The zero-order valence-corrected chi connectivity index (χ0v) is 19.4. The largest absolute Gasteiger partial charge is 0.478 e. The number of pyridine rings is 1. The Morgan fingerprint density at radius 2 is 1.82 bits per heavy atom. The normalized spacial score (nSPS) is 18.8. The first kappa shape index (κ1) is 21.6. The molecule has 2 N–H and O–H groups in total. The number of nitrogens with zero attached hydrogens (tertiary/aromatic N) is 5. The van der Waals surface area contributed by atoms with Crippen LogP contribution < -0.4 is 15.4 Å². The topological polar surface area (TPSA) is 90.8 Å². The Morgan fingerprint density at radius 1 is 1.03 bits per heavy atom. The molecular weight excluding hydrogens is 416 g/mol. The van der Waals surface area contributed by atoms with Crippen LogP contribution in [0.5, 0.6) is 5.88 Å².